The zero-order chi connectivity index (χ0) is 29.6. The molecule has 0 unspecified atom stereocenters. The molecule has 1 atom stereocenters. The fraction of sp³-hybridized carbons (Fsp3) is 0.419. The Labute approximate surface area is 241 Å². The van der Waals surface area contributed by atoms with Crippen molar-refractivity contribution in [2.75, 3.05) is 17.2 Å². The molecule has 1 aromatic heterocycles. The van der Waals surface area contributed by atoms with Gasteiger partial charge in [-0.05, 0) is 73.6 Å². The molecule has 0 radical (unpaired) electrons. The number of nitrogens with one attached hydrogen (secondary N) is 2. The van der Waals surface area contributed by atoms with Gasteiger partial charge in [0.2, 0.25) is 5.95 Å². The minimum atomic E-state index is -2.36. The second-order valence-corrected chi connectivity index (χ2v) is 17.0. The fourth-order valence-corrected chi connectivity index (χ4v) is 5.68. The third-order valence-corrected chi connectivity index (χ3v) is 12.3. The predicted molar refractivity (Wildman–Crippen MR) is 159 cm³/mol. The third-order valence-electron chi connectivity index (χ3n) is 8.73. The van der Waals surface area contributed by atoms with E-state index in [0.717, 1.165) is 42.5 Å². The number of fused-ring (bicyclic) bond motifs is 1. The summed E-state index contributed by atoms with van der Waals surface area (Å²) in [6.45, 7) is 11.2. The normalized spacial score (nSPS) is 18.2. The standard InChI is InChI=1S/C31H35FN6O2Si/c1-30(2,41(4,5)39)9-10-31(3)18-36-28-21(17-34)12-19(13-23(28)31)25-8-11-35-29(37-25)38-26-14-20(16-33)24(32)15-27(26)40-22-6-7-22/h8,11-15,22,36,39H,6-7,9-10,18H2,1-5H3,(H,35,37,38)/t31-/m0/s1. The average Bonchev–Trinajstić information content (AvgIpc) is 3.69. The highest BCUT2D eigenvalue weighted by atomic mass is 28.4. The van der Waals surface area contributed by atoms with Crippen LogP contribution in [0.2, 0.25) is 18.1 Å². The van der Waals surface area contributed by atoms with Gasteiger partial charge in [-0.25, -0.2) is 14.4 Å². The summed E-state index contributed by atoms with van der Waals surface area (Å²) in [4.78, 5) is 19.9. The molecule has 212 valence electrons. The second kappa shape index (κ2) is 10.4. The maximum absolute atomic E-state index is 14.3. The van der Waals surface area contributed by atoms with Crippen molar-refractivity contribution in [3.05, 3.63) is 59.0 Å². The van der Waals surface area contributed by atoms with Crippen molar-refractivity contribution in [3.63, 3.8) is 0 Å². The van der Waals surface area contributed by atoms with Crippen molar-refractivity contribution >= 4 is 25.6 Å². The highest BCUT2D eigenvalue weighted by Gasteiger charge is 2.42. The van der Waals surface area contributed by atoms with Crippen LogP contribution in [0.4, 0.5) is 21.7 Å². The van der Waals surface area contributed by atoms with Gasteiger partial charge in [-0.15, -0.1) is 0 Å². The summed E-state index contributed by atoms with van der Waals surface area (Å²) in [6.07, 6.45) is 5.17. The van der Waals surface area contributed by atoms with Gasteiger partial charge in [0.25, 0.3) is 0 Å². The highest BCUT2D eigenvalue weighted by molar-refractivity contribution is 6.72. The molecule has 0 amide bonds. The Morgan fingerprint density at radius 2 is 1.93 bits per heavy atom. The smallest absolute Gasteiger partial charge is 0.227 e. The van der Waals surface area contributed by atoms with Gasteiger partial charge in [-0.3, -0.25) is 0 Å². The quantitative estimate of drug-likeness (QED) is 0.241. The first kappa shape index (κ1) is 28.5. The first-order chi connectivity index (χ1) is 19.3. The van der Waals surface area contributed by atoms with Gasteiger partial charge in [0.15, 0.2) is 8.32 Å². The molecule has 3 aromatic rings. The first-order valence-corrected chi connectivity index (χ1v) is 16.8. The molecule has 0 spiro atoms. The van der Waals surface area contributed by atoms with Crippen LogP contribution in [0.1, 0.15) is 63.1 Å². The van der Waals surface area contributed by atoms with Crippen molar-refractivity contribution in [1.82, 2.24) is 9.97 Å². The Morgan fingerprint density at radius 1 is 1.20 bits per heavy atom. The zero-order valence-corrected chi connectivity index (χ0v) is 25.1. The first-order valence-electron chi connectivity index (χ1n) is 13.9. The van der Waals surface area contributed by atoms with Crippen molar-refractivity contribution in [3.8, 4) is 29.1 Å². The minimum Gasteiger partial charge on any atom is -0.488 e. The molecule has 5 rings (SSSR count). The van der Waals surface area contributed by atoms with Crippen LogP contribution in [0, 0.1) is 28.5 Å². The van der Waals surface area contributed by atoms with E-state index in [9.17, 15) is 19.7 Å². The Hall–Kier alpha value is -3.99. The van der Waals surface area contributed by atoms with E-state index in [0.29, 0.717) is 29.2 Å². The lowest BCUT2D eigenvalue weighted by molar-refractivity contribution is 0.303. The van der Waals surface area contributed by atoms with Gasteiger partial charge < -0.3 is 20.2 Å². The molecule has 0 saturated heterocycles. The number of nitrogens with zero attached hydrogens (tertiary/aromatic N) is 4. The van der Waals surface area contributed by atoms with Crippen molar-refractivity contribution in [1.29, 1.82) is 10.5 Å². The molecule has 1 aliphatic heterocycles. The number of hydrogen-bond donors (Lipinski definition) is 3. The summed E-state index contributed by atoms with van der Waals surface area (Å²) < 4.78 is 20.2. The van der Waals surface area contributed by atoms with Gasteiger partial charge in [-0.2, -0.15) is 10.5 Å². The predicted octanol–water partition coefficient (Wildman–Crippen LogP) is 6.75. The molecule has 1 aliphatic carbocycles. The number of anilines is 3. The molecule has 8 nitrogen and oxygen atoms in total. The SMILES string of the molecule is CC(C)(CC[C@@]1(C)CNc2c(C#N)cc(-c3ccnc(Nc4cc(C#N)c(F)cc4OC4CC4)n3)cc21)[Si](C)(C)O. The summed E-state index contributed by atoms with van der Waals surface area (Å²) in [5.74, 6) is -0.0768. The van der Waals surface area contributed by atoms with Gasteiger partial charge in [0.05, 0.1) is 34.3 Å². The Bertz CT molecular complexity index is 1590. The van der Waals surface area contributed by atoms with Crippen LogP contribution >= 0.6 is 0 Å². The van der Waals surface area contributed by atoms with E-state index in [4.69, 9.17) is 9.72 Å². The zero-order valence-electron chi connectivity index (χ0n) is 24.1. The van der Waals surface area contributed by atoms with Crippen LogP contribution in [-0.2, 0) is 5.41 Å². The van der Waals surface area contributed by atoms with Crippen LogP contribution in [0.15, 0.2) is 36.5 Å². The molecule has 3 N–H and O–H groups in total. The maximum atomic E-state index is 14.3. The van der Waals surface area contributed by atoms with Gasteiger partial charge >= 0.3 is 0 Å². The summed E-state index contributed by atoms with van der Waals surface area (Å²) >= 11 is 0. The molecule has 2 aromatic carbocycles. The molecule has 0 bridgehead atoms. The van der Waals surface area contributed by atoms with Crippen molar-refractivity contribution < 1.29 is 13.9 Å². The van der Waals surface area contributed by atoms with Crippen molar-refractivity contribution in [2.45, 2.75) is 76.1 Å². The highest BCUT2D eigenvalue weighted by Crippen LogP contribution is 2.48. The largest absolute Gasteiger partial charge is 0.488 e. The third kappa shape index (κ3) is 5.76. The van der Waals surface area contributed by atoms with E-state index in [1.165, 1.54) is 12.1 Å². The number of nitriles is 2. The van der Waals surface area contributed by atoms with Crippen LogP contribution in [0.3, 0.4) is 0 Å². The molecule has 1 fully saturated rings. The Balaban J connectivity index is 1.47. The Morgan fingerprint density at radius 3 is 2.59 bits per heavy atom. The lowest BCUT2D eigenvalue weighted by atomic mass is 9.77. The maximum Gasteiger partial charge on any atom is 0.227 e. The number of benzene rings is 2. The molecular formula is C31H35FN6O2Si. The number of ether oxygens (including phenoxy) is 1. The van der Waals surface area contributed by atoms with Gasteiger partial charge in [0, 0.05) is 29.8 Å². The van der Waals surface area contributed by atoms with Crippen molar-refractivity contribution in [2.24, 2.45) is 0 Å². The van der Waals surface area contributed by atoms with Crippen LogP contribution in [0.25, 0.3) is 11.3 Å². The minimum absolute atomic E-state index is 0.0326. The molecular weight excluding hydrogens is 535 g/mol. The fourth-order valence-electron chi connectivity index (χ4n) is 4.94. The number of hydrogen-bond acceptors (Lipinski definition) is 8. The van der Waals surface area contributed by atoms with E-state index in [1.807, 2.05) is 25.2 Å². The van der Waals surface area contributed by atoms with Gasteiger partial charge in [0.1, 0.15) is 23.7 Å². The van der Waals surface area contributed by atoms with E-state index >= 15 is 0 Å². The topological polar surface area (TPSA) is 127 Å². The lowest BCUT2D eigenvalue weighted by Gasteiger charge is -2.38. The van der Waals surface area contributed by atoms with Crippen LogP contribution in [0.5, 0.6) is 5.75 Å². The summed E-state index contributed by atoms with van der Waals surface area (Å²) in [5, 5.41) is 25.8. The molecule has 41 heavy (non-hydrogen) atoms. The van der Waals surface area contributed by atoms with Gasteiger partial charge in [-0.1, -0.05) is 20.8 Å². The van der Waals surface area contributed by atoms with Crippen LogP contribution < -0.4 is 15.4 Å². The lowest BCUT2D eigenvalue weighted by Crippen LogP contribution is -2.40. The molecule has 1 saturated carbocycles. The molecule has 2 heterocycles. The number of aromatic nitrogens is 2. The number of halogens is 1. The van der Waals surface area contributed by atoms with E-state index in [-0.39, 0.29) is 28.1 Å². The summed E-state index contributed by atoms with van der Waals surface area (Å²) in [6, 6.07) is 12.5. The van der Waals surface area contributed by atoms with E-state index < -0.39 is 14.1 Å². The molecule has 2 aliphatic rings. The second-order valence-electron chi connectivity index (χ2n) is 12.6. The Kier molecular flexibility index (Phi) is 7.27. The average molecular weight is 571 g/mol. The van der Waals surface area contributed by atoms with E-state index in [2.05, 4.69) is 48.5 Å². The number of rotatable bonds is 9. The van der Waals surface area contributed by atoms with E-state index in [1.54, 1.807) is 12.3 Å². The molecule has 10 heteroatoms. The monoisotopic (exact) mass is 570 g/mol. The summed E-state index contributed by atoms with van der Waals surface area (Å²) in [5.41, 5.74) is 3.93. The van der Waals surface area contributed by atoms with Crippen LogP contribution in [-0.4, -0.2) is 35.7 Å². The summed E-state index contributed by atoms with van der Waals surface area (Å²) in [7, 11) is -2.36.